The lowest BCUT2D eigenvalue weighted by Crippen LogP contribution is -2.09. The fourth-order valence-electron chi connectivity index (χ4n) is 2.55. The monoisotopic (exact) mass is 222 g/mol. The molecule has 1 aliphatic heterocycles. The summed E-state index contributed by atoms with van der Waals surface area (Å²) in [6, 6.07) is 4.18. The molecular weight excluding hydrogens is 208 g/mol. The number of hydrogen-bond donors (Lipinski definition) is 1. The third-order valence-corrected chi connectivity index (χ3v) is 3.32. The standard InChI is InChI=1S/C12H14N2.ClH/c1-2-9(6-13-3-1)10-4-11-7-14-8-12(11)5-10;/h1-4,6,11-12,14H,5,7-8H2;1H/t11-,12+;/m1./s1. The van der Waals surface area contributed by atoms with Crippen molar-refractivity contribution >= 4 is 18.0 Å². The molecule has 80 valence electrons. The fourth-order valence-corrected chi connectivity index (χ4v) is 2.55. The molecule has 2 atom stereocenters. The van der Waals surface area contributed by atoms with Crippen molar-refractivity contribution in [3.8, 4) is 0 Å². The molecule has 0 bridgehead atoms. The number of allylic oxidation sites excluding steroid dienone is 1. The molecule has 2 aliphatic rings. The molecule has 0 spiro atoms. The summed E-state index contributed by atoms with van der Waals surface area (Å²) in [5, 5.41) is 3.44. The van der Waals surface area contributed by atoms with E-state index < -0.39 is 0 Å². The van der Waals surface area contributed by atoms with Crippen molar-refractivity contribution in [3.63, 3.8) is 0 Å². The maximum Gasteiger partial charge on any atom is 0.0342 e. The molecule has 1 saturated heterocycles. The van der Waals surface area contributed by atoms with Crippen LogP contribution >= 0.6 is 12.4 Å². The lowest BCUT2D eigenvalue weighted by molar-refractivity contribution is 0.536. The predicted octanol–water partition coefficient (Wildman–Crippen LogP) is 2.13. The van der Waals surface area contributed by atoms with Crippen molar-refractivity contribution < 1.29 is 0 Å². The summed E-state index contributed by atoms with van der Waals surface area (Å²) in [6.07, 6.45) is 7.47. The summed E-state index contributed by atoms with van der Waals surface area (Å²) in [6.45, 7) is 2.35. The Morgan fingerprint density at radius 3 is 3.00 bits per heavy atom. The van der Waals surface area contributed by atoms with Gasteiger partial charge in [-0.3, -0.25) is 4.98 Å². The van der Waals surface area contributed by atoms with Gasteiger partial charge in [0, 0.05) is 18.9 Å². The maximum atomic E-state index is 4.17. The smallest absolute Gasteiger partial charge is 0.0342 e. The summed E-state index contributed by atoms with van der Waals surface area (Å²) in [7, 11) is 0. The molecule has 1 aromatic heterocycles. The molecule has 2 heterocycles. The molecular formula is C12H15ClN2. The van der Waals surface area contributed by atoms with E-state index in [2.05, 4.69) is 22.4 Å². The van der Waals surface area contributed by atoms with Gasteiger partial charge in [-0.1, -0.05) is 12.1 Å². The van der Waals surface area contributed by atoms with Crippen LogP contribution in [0.3, 0.4) is 0 Å². The van der Waals surface area contributed by atoms with Gasteiger partial charge in [0.15, 0.2) is 0 Å². The Labute approximate surface area is 96.2 Å². The minimum absolute atomic E-state index is 0. The molecule has 3 rings (SSSR count). The fraction of sp³-hybridized carbons (Fsp3) is 0.417. The highest BCUT2D eigenvalue weighted by Crippen LogP contribution is 2.37. The summed E-state index contributed by atoms with van der Waals surface area (Å²) in [5.74, 6) is 1.61. The number of pyridine rings is 1. The summed E-state index contributed by atoms with van der Waals surface area (Å²) >= 11 is 0. The first-order valence-electron chi connectivity index (χ1n) is 5.25. The van der Waals surface area contributed by atoms with Gasteiger partial charge in [-0.05, 0) is 42.0 Å². The van der Waals surface area contributed by atoms with E-state index >= 15 is 0 Å². The van der Waals surface area contributed by atoms with Crippen LogP contribution in [0.2, 0.25) is 0 Å². The van der Waals surface area contributed by atoms with E-state index in [4.69, 9.17) is 0 Å². The number of aromatic nitrogens is 1. The third-order valence-electron chi connectivity index (χ3n) is 3.32. The van der Waals surface area contributed by atoms with Gasteiger partial charge in [-0.25, -0.2) is 0 Å². The van der Waals surface area contributed by atoms with Gasteiger partial charge in [-0.2, -0.15) is 0 Å². The van der Waals surface area contributed by atoms with Crippen LogP contribution in [0.25, 0.3) is 5.57 Å². The summed E-state index contributed by atoms with van der Waals surface area (Å²) in [5.41, 5.74) is 2.80. The number of hydrogen-bond acceptors (Lipinski definition) is 2. The first-order valence-corrected chi connectivity index (χ1v) is 5.25. The number of nitrogens with one attached hydrogen (secondary N) is 1. The third kappa shape index (κ3) is 1.92. The zero-order chi connectivity index (χ0) is 9.38. The molecule has 1 aromatic rings. The van der Waals surface area contributed by atoms with Crippen LogP contribution in [0.1, 0.15) is 12.0 Å². The van der Waals surface area contributed by atoms with Crippen LogP contribution in [-0.2, 0) is 0 Å². The van der Waals surface area contributed by atoms with E-state index in [1.54, 1.807) is 0 Å². The quantitative estimate of drug-likeness (QED) is 0.788. The molecule has 0 aromatic carbocycles. The average Bonchev–Trinajstić information content (AvgIpc) is 2.78. The van der Waals surface area contributed by atoms with Crippen molar-refractivity contribution in [2.45, 2.75) is 6.42 Å². The molecule has 0 amide bonds. The largest absolute Gasteiger partial charge is 0.316 e. The highest BCUT2D eigenvalue weighted by Gasteiger charge is 2.31. The van der Waals surface area contributed by atoms with Gasteiger partial charge in [-0.15, -0.1) is 12.4 Å². The van der Waals surface area contributed by atoms with E-state index in [1.807, 2.05) is 18.5 Å². The van der Waals surface area contributed by atoms with Crippen LogP contribution in [-0.4, -0.2) is 18.1 Å². The number of halogens is 1. The van der Waals surface area contributed by atoms with Gasteiger partial charge in [0.2, 0.25) is 0 Å². The molecule has 15 heavy (non-hydrogen) atoms. The van der Waals surface area contributed by atoms with E-state index in [0.717, 1.165) is 18.4 Å². The Bertz CT molecular complexity index is 361. The number of fused-ring (bicyclic) bond motifs is 1. The molecule has 1 aliphatic carbocycles. The van der Waals surface area contributed by atoms with Crippen LogP contribution in [0.4, 0.5) is 0 Å². The molecule has 3 heteroatoms. The van der Waals surface area contributed by atoms with Crippen LogP contribution in [0, 0.1) is 11.8 Å². The lowest BCUT2D eigenvalue weighted by atomic mass is 9.99. The Balaban J connectivity index is 0.000000853. The zero-order valence-corrected chi connectivity index (χ0v) is 9.33. The Morgan fingerprint density at radius 1 is 1.33 bits per heavy atom. The maximum absolute atomic E-state index is 4.17. The SMILES string of the molecule is C1=C(c2cccnc2)C[C@H]2CNC[C@@H]12.Cl. The van der Waals surface area contributed by atoms with Crippen molar-refractivity contribution in [1.82, 2.24) is 10.3 Å². The predicted molar refractivity (Wildman–Crippen MR) is 63.9 cm³/mol. The first kappa shape index (κ1) is 10.7. The van der Waals surface area contributed by atoms with Crippen molar-refractivity contribution in [2.24, 2.45) is 11.8 Å². The van der Waals surface area contributed by atoms with E-state index in [1.165, 1.54) is 24.1 Å². The lowest BCUT2D eigenvalue weighted by Gasteiger charge is -2.05. The Hall–Kier alpha value is -0.860. The second-order valence-corrected chi connectivity index (χ2v) is 4.22. The molecule has 2 nitrogen and oxygen atoms in total. The molecule has 1 fully saturated rings. The van der Waals surface area contributed by atoms with Gasteiger partial charge in [0.1, 0.15) is 0 Å². The number of rotatable bonds is 1. The first-order chi connectivity index (χ1) is 6.93. The van der Waals surface area contributed by atoms with Crippen LogP contribution < -0.4 is 5.32 Å². The zero-order valence-electron chi connectivity index (χ0n) is 8.52. The highest BCUT2D eigenvalue weighted by molar-refractivity contribution is 5.85. The van der Waals surface area contributed by atoms with Crippen molar-refractivity contribution in [2.75, 3.05) is 13.1 Å². The molecule has 0 unspecified atom stereocenters. The number of nitrogens with zero attached hydrogens (tertiary/aromatic N) is 1. The second kappa shape index (κ2) is 4.33. The summed E-state index contributed by atoms with van der Waals surface area (Å²) < 4.78 is 0. The van der Waals surface area contributed by atoms with E-state index in [9.17, 15) is 0 Å². The van der Waals surface area contributed by atoms with Crippen molar-refractivity contribution in [1.29, 1.82) is 0 Å². The summed E-state index contributed by atoms with van der Waals surface area (Å²) in [4.78, 5) is 4.17. The van der Waals surface area contributed by atoms with E-state index in [0.29, 0.717) is 0 Å². The highest BCUT2D eigenvalue weighted by atomic mass is 35.5. The van der Waals surface area contributed by atoms with Crippen LogP contribution in [0.5, 0.6) is 0 Å². The Kier molecular flexibility index (Phi) is 3.08. The van der Waals surface area contributed by atoms with Crippen LogP contribution in [0.15, 0.2) is 30.6 Å². The average molecular weight is 223 g/mol. The molecule has 0 radical (unpaired) electrons. The van der Waals surface area contributed by atoms with Gasteiger partial charge in [0.25, 0.3) is 0 Å². The minimum atomic E-state index is 0. The normalized spacial score (nSPS) is 28.1. The molecule has 0 saturated carbocycles. The molecule has 1 N–H and O–H groups in total. The Morgan fingerprint density at radius 2 is 2.27 bits per heavy atom. The van der Waals surface area contributed by atoms with Gasteiger partial charge in [0.05, 0.1) is 0 Å². The van der Waals surface area contributed by atoms with Crippen molar-refractivity contribution in [3.05, 3.63) is 36.2 Å². The van der Waals surface area contributed by atoms with Gasteiger partial charge < -0.3 is 5.32 Å². The second-order valence-electron chi connectivity index (χ2n) is 4.22. The topological polar surface area (TPSA) is 24.9 Å². The minimum Gasteiger partial charge on any atom is -0.316 e. The van der Waals surface area contributed by atoms with Gasteiger partial charge >= 0.3 is 0 Å². The van der Waals surface area contributed by atoms with E-state index in [-0.39, 0.29) is 12.4 Å².